The van der Waals surface area contributed by atoms with Crippen LogP contribution >= 0.6 is 0 Å². The van der Waals surface area contributed by atoms with Gasteiger partial charge in [-0.2, -0.15) is 0 Å². The number of nitrogens with two attached hydrogens (primary N) is 2. The molecule has 0 radical (unpaired) electrons. The quantitative estimate of drug-likeness (QED) is 0.518. The van der Waals surface area contributed by atoms with E-state index in [4.69, 9.17) is 11.5 Å². The van der Waals surface area contributed by atoms with Crippen molar-refractivity contribution in [3.05, 3.63) is 18.5 Å². The Hall–Kier alpha value is -1.89. The first-order valence-electron chi connectivity index (χ1n) is 6.05. The largest absolute Gasteiger partial charge is 0.370 e. The lowest BCUT2D eigenvalue weighted by molar-refractivity contribution is 0.264. The van der Waals surface area contributed by atoms with Gasteiger partial charge in [0.1, 0.15) is 0 Å². The first-order valence-corrected chi connectivity index (χ1v) is 6.05. The number of aliphatic imine (C=N–C) groups is 1. The molecule has 0 atom stereocenters. The Morgan fingerprint density at radius 3 is 2.44 bits per heavy atom. The molecule has 1 aliphatic heterocycles. The van der Waals surface area contributed by atoms with E-state index in [0.717, 1.165) is 38.7 Å². The second-order valence-electron chi connectivity index (χ2n) is 4.18. The van der Waals surface area contributed by atoms with Crippen LogP contribution in [0.1, 0.15) is 0 Å². The van der Waals surface area contributed by atoms with Gasteiger partial charge in [-0.05, 0) is 6.07 Å². The number of nitrogens with zero attached hydrogens (tertiary/aromatic N) is 5. The van der Waals surface area contributed by atoms with Crippen LogP contribution in [0.3, 0.4) is 0 Å². The second-order valence-corrected chi connectivity index (χ2v) is 4.18. The molecule has 18 heavy (non-hydrogen) atoms. The lowest BCUT2D eigenvalue weighted by atomic mass is 10.3. The van der Waals surface area contributed by atoms with E-state index in [-0.39, 0.29) is 5.96 Å². The lowest BCUT2D eigenvalue weighted by Gasteiger charge is -2.34. The minimum absolute atomic E-state index is 0.159. The highest BCUT2D eigenvalue weighted by molar-refractivity contribution is 5.75. The Morgan fingerprint density at radius 1 is 1.17 bits per heavy atom. The van der Waals surface area contributed by atoms with Gasteiger partial charge in [-0.1, -0.05) is 0 Å². The minimum Gasteiger partial charge on any atom is -0.370 e. The zero-order chi connectivity index (χ0) is 12.8. The van der Waals surface area contributed by atoms with Crippen LogP contribution in [0.5, 0.6) is 0 Å². The van der Waals surface area contributed by atoms with Crippen molar-refractivity contribution in [2.45, 2.75) is 0 Å². The predicted molar refractivity (Wildman–Crippen MR) is 71.4 cm³/mol. The van der Waals surface area contributed by atoms with Crippen LogP contribution in [0.15, 0.2) is 23.5 Å². The van der Waals surface area contributed by atoms with Gasteiger partial charge in [-0.15, -0.1) is 0 Å². The van der Waals surface area contributed by atoms with E-state index in [9.17, 15) is 0 Å². The van der Waals surface area contributed by atoms with Gasteiger partial charge in [-0.25, -0.2) is 9.97 Å². The molecule has 0 spiro atoms. The van der Waals surface area contributed by atoms with Gasteiger partial charge in [0, 0.05) is 45.1 Å². The number of piperazine rings is 1. The predicted octanol–water partition coefficient (Wildman–Crippen LogP) is -1.13. The van der Waals surface area contributed by atoms with Gasteiger partial charge in [-0.3, -0.25) is 9.89 Å². The Bertz CT molecular complexity index is 380. The smallest absolute Gasteiger partial charge is 0.225 e. The average molecular weight is 249 g/mol. The molecule has 4 N–H and O–H groups in total. The van der Waals surface area contributed by atoms with Gasteiger partial charge in [0.05, 0.1) is 6.54 Å². The number of hydrogen-bond acceptors (Lipinski definition) is 5. The fourth-order valence-electron chi connectivity index (χ4n) is 1.95. The van der Waals surface area contributed by atoms with Crippen LogP contribution in [0, 0.1) is 0 Å². The maximum absolute atomic E-state index is 5.29. The standard InChI is InChI=1S/C11H19N7/c12-10(13)14-4-5-17-6-8-18(9-7-17)11-15-2-1-3-16-11/h1-3H,4-9H2,(H4,12,13,14). The summed E-state index contributed by atoms with van der Waals surface area (Å²) >= 11 is 0. The van der Waals surface area contributed by atoms with Crippen LogP contribution in [0.2, 0.25) is 0 Å². The molecule has 7 heteroatoms. The molecule has 0 amide bonds. The Labute approximate surface area is 107 Å². The third kappa shape index (κ3) is 3.56. The van der Waals surface area contributed by atoms with E-state index in [1.54, 1.807) is 12.4 Å². The van der Waals surface area contributed by atoms with Gasteiger partial charge in [0.2, 0.25) is 5.95 Å². The number of rotatable bonds is 4. The highest BCUT2D eigenvalue weighted by Crippen LogP contribution is 2.09. The summed E-state index contributed by atoms with van der Waals surface area (Å²) in [6.45, 7) is 5.39. The van der Waals surface area contributed by atoms with E-state index in [1.165, 1.54) is 0 Å². The molecule has 98 valence electrons. The summed E-state index contributed by atoms with van der Waals surface area (Å²) in [7, 11) is 0. The van der Waals surface area contributed by atoms with E-state index >= 15 is 0 Å². The summed E-state index contributed by atoms with van der Waals surface area (Å²) in [4.78, 5) is 17.0. The van der Waals surface area contributed by atoms with Crippen molar-refractivity contribution in [1.82, 2.24) is 14.9 Å². The molecule has 0 aliphatic carbocycles. The molecule has 7 nitrogen and oxygen atoms in total. The fraction of sp³-hybridized carbons (Fsp3) is 0.545. The van der Waals surface area contributed by atoms with Crippen LogP contribution in [-0.2, 0) is 0 Å². The van der Waals surface area contributed by atoms with Crippen LogP contribution in [0.25, 0.3) is 0 Å². The summed E-state index contributed by atoms with van der Waals surface area (Å²) in [6, 6.07) is 1.83. The first-order chi connectivity index (χ1) is 8.75. The van der Waals surface area contributed by atoms with Gasteiger partial charge in [0.15, 0.2) is 5.96 Å². The van der Waals surface area contributed by atoms with E-state index < -0.39 is 0 Å². The van der Waals surface area contributed by atoms with Gasteiger partial charge >= 0.3 is 0 Å². The third-order valence-electron chi connectivity index (χ3n) is 2.92. The molecule has 0 saturated carbocycles. The number of guanidine groups is 1. The molecule has 0 unspecified atom stereocenters. The van der Waals surface area contributed by atoms with E-state index in [2.05, 4.69) is 24.8 Å². The third-order valence-corrected chi connectivity index (χ3v) is 2.92. The first kappa shape index (κ1) is 12.6. The normalized spacial score (nSPS) is 16.6. The molecule has 1 saturated heterocycles. The molecule has 0 aromatic carbocycles. The molecule has 1 fully saturated rings. The SMILES string of the molecule is NC(N)=NCCN1CCN(c2ncccn2)CC1. The average Bonchev–Trinajstić information content (AvgIpc) is 2.40. The lowest BCUT2D eigenvalue weighted by Crippen LogP contribution is -2.47. The number of aromatic nitrogens is 2. The molecular formula is C11H19N7. The minimum atomic E-state index is 0.159. The Balaban J connectivity index is 1.76. The number of anilines is 1. The van der Waals surface area contributed by atoms with Crippen molar-refractivity contribution in [2.24, 2.45) is 16.5 Å². The Morgan fingerprint density at radius 2 is 1.83 bits per heavy atom. The fourth-order valence-corrected chi connectivity index (χ4v) is 1.95. The zero-order valence-electron chi connectivity index (χ0n) is 10.4. The van der Waals surface area contributed by atoms with E-state index in [1.807, 2.05) is 6.07 Å². The van der Waals surface area contributed by atoms with Crippen LogP contribution in [0.4, 0.5) is 5.95 Å². The number of hydrogen-bond donors (Lipinski definition) is 2. The zero-order valence-corrected chi connectivity index (χ0v) is 10.4. The van der Waals surface area contributed by atoms with Crippen molar-refractivity contribution < 1.29 is 0 Å². The summed E-state index contributed by atoms with van der Waals surface area (Å²) in [5, 5.41) is 0. The highest BCUT2D eigenvalue weighted by atomic mass is 15.3. The van der Waals surface area contributed by atoms with Crippen molar-refractivity contribution in [2.75, 3.05) is 44.2 Å². The van der Waals surface area contributed by atoms with Crippen molar-refractivity contribution in [1.29, 1.82) is 0 Å². The molecular weight excluding hydrogens is 230 g/mol. The van der Waals surface area contributed by atoms with Gasteiger partial charge in [0.25, 0.3) is 0 Å². The molecule has 2 heterocycles. The molecule has 2 rings (SSSR count). The van der Waals surface area contributed by atoms with Crippen molar-refractivity contribution in [3.8, 4) is 0 Å². The molecule has 1 aromatic heterocycles. The summed E-state index contributed by atoms with van der Waals surface area (Å²) < 4.78 is 0. The Kier molecular flexibility index (Phi) is 4.30. The molecule has 1 aliphatic rings. The summed E-state index contributed by atoms with van der Waals surface area (Å²) in [6.07, 6.45) is 3.54. The maximum atomic E-state index is 5.29. The van der Waals surface area contributed by atoms with Crippen molar-refractivity contribution in [3.63, 3.8) is 0 Å². The molecule has 1 aromatic rings. The molecule has 0 bridgehead atoms. The van der Waals surface area contributed by atoms with E-state index in [0.29, 0.717) is 6.54 Å². The van der Waals surface area contributed by atoms with Crippen LogP contribution in [-0.4, -0.2) is 60.1 Å². The highest BCUT2D eigenvalue weighted by Gasteiger charge is 2.17. The van der Waals surface area contributed by atoms with Crippen molar-refractivity contribution >= 4 is 11.9 Å². The summed E-state index contributed by atoms with van der Waals surface area (Å²) in [5.74, 6) is 0.965. The maximum Gasteiger partial charge on any atom is 0.225 e. The van der Waals surface area contributed by atoms with Crippen LogP contribution < -0.4 is 16.4 Å². The monoisotopic (exact) mass is 249 g/mol. The second kappa shape index (κ2) is 6.15. The topological polar surface area (TPSA) is 96.7 Å². The summed E-state index contributed by atoms with van der Waals surface area (Å²) in [5.41, 5.74) is 10.6. The van der Waals surface area contributed by atoms with Gasteiger partial charge < -0.3 is 16.4 Å².